The minimum atomic E-state index is -4.31. The maximum absolute atomic E-state index is 13.0. The van der Waals surface area contributed by atoms with E-state index in [1.54, 1.807) is 6.07 Å². The molecular formula is C22H35Cl2F3N4O. The van der Waals surface area contributed by atoms with Crippen LogP contribution < -0.4 is 10.2 Å². The Bertz CT molecular complexity index is 713. The number of benzene rings is 1. The van der Waals surface area contributed by atoms with Crippen molar-refractivity contribution in [3.8, 4) is 0 Å². The molecule has 1 aromatic carbocycles. The van der Waals surface area contributed by atoms with E-state index in [0.29, 0.717) is 18.2 Å². The fourth-order valence-corrected chi connectivity index (χ4v) is 4.41. The van der Waals surface area contributed by atoms with Gasteiger partial charge in [-0.3, -0.25) is 9.69 Å². The topological polar surface area (TPSA) is 38.8 Å². The number of hydrogen-bond donors (Lipinski definition) is 1. The third kappa shape index (κ3) is 8.28. The average molecular weight is 499 g/mol. The van der Waals surface area contributed by atoms with E-state index in [2.05, 4.69) is 15.1 Å². The van der Waals surface area contributed by atoms with Gasteiger partial charge >= 0.3 is 6.18 Å². The zero-order valence-corrected chi connectivity index (χ0v) is 20.4. The molecule has 2 aliphatic heterocycles. The third-order valence-corrected chi connectivity index (χ3v) is 5.95. The van der Waals surface area contributed by atoms with Gasteiger partial charge in [0, 0.05) is 63.5 Å². The number of rotatable bonds is 6. The van der Waals surface area contributed by atoms with Gasteiger partial charge in [0.1, 0.15) is 0 Å². The van der Waals surface area contributed by atoms with Gasteiger partial charge in [0.05, 0.1) is 5.56 Å². The number of amides is 1. The van der Waals surface area contributed by atoms with Crippen molar-refractivity contribution >= 4 is 36.4 Å². The highest BCUT2D eigenvalue weighted by Crippen LogP contribution is 2.32. The number of nitrogens with one attached hydrogen (secondary N) is 1. The molecule has 184 valence electrons. The lowest BCUT2D eigenvalue weighted by atomic mass is 10.0. The molecule has 0 spiro atoms. The minimum Gasteiger partial charge on any atom is -0.369 e. The van der Waals surface area contributed by atoms with Gasteiger partial charge in [-0.15, -0.1) is 24.8 Å². The summed E-state index contributed by atoms with van der Waals surface area (Å²) in [5.41, 5.74) is 0.0535. The molecule has 0 bridgehead atoms. The van der Waals surface area contributed by atoms with E-state index in [9.17, 15) is 18.0 Å². The van der Waals surface area contributed by atoms with E-state index in [4.69, 9.17) is 0 Å². The summed E-state index contributed by atoms with van der Waals surface area (Å²) in [6, 6.07) is 6.24. The van der Waals surface area contributed by atoms with E-state index >= 15 is 0 Å². The SMILES string of the molecule is CC(C)NC(=O)CCN1CCCC(N2CCN(c3cccc(C(F)(F)F)c3)CC2)C1.Cl.Cl. The number of hydrogen-bond acceptors (Lipinski definition) is 4. The second kappa shape index (κ2) is 12.9. The summed E-state index contributed by atoms with van der Waals surface area (Å²) in [7, 11) is 0. The quantitative estimate of drug-likeness (QED) is 0.641. The number of halogens is 5. The predicted octanol–water partition coefficient (Wildman–Crippen LogP) is 4.05. The lowest BCUT2D eigenvalue weighted by Crippen LogP contribution is -2.55. The van der Waals surface area contributed by atoms with Crippen molar-refractivity contribution in [3.63, 3.8) is 0 Å². The van der Waals surface area contributed by atoms with Crippen LogP contribution in [0.3, 0.4) is 0 Å². The van der Waals surface area contributed by atoms with Crippen molar-refractivity contribution in [1.29, 1.82) is 0 Å². The molecular weight excluding hydrogens is 464 g/mol. The molecule has 0 saturated carbocycles. The first-order valence-corrected chi connectivity index (χ1v) is 10.9. The van der Waals surface area contributed by atoms with Crippen LogP contribution in [0, 0.1) is 0 Å². The highest BCUT2D eigenvalue weighted by atomic mass is 35.5. The van der Waals surface area contributed by atoms with Crippen molar-refractivity contribution in [3.05, 3.63) is 29.8 Å². The summed E-state index contributed by atoms with van der Waals surface area (Å²) in [5.74, 6) is 0.0989. The van der Waals surface area contributed by atoms with Gasteiger partial charge in [-0.05, 0) is 51.4 Å². The molecule has 1 N–H and O–H groups in total. The third-order valence-electron chi connectivity index (χ3n) is 5.95. The molecule has 0 radical (unpaired) electrons. The predicted molar refractivity (Wildman–Crippen MR) is 127 cm³/mol. The molecule has 2 aliphatic rings. The Morgan fingerprint density at radius 2 is 1.81 bits per heavy atom. The summed E-state index contributed by atoms with van der Waals surface area (Å²) < 4.78 is 39.0. The number of likely N-dealkylation sites (tertiary alicyclic amines) is 1. The van der Waals surface area contributed by atoms with Crippen molar-refractivity contribution in [2.75, 3.05) is 50.7 Å². The summed E-state index contributed by atoms with van der Waals surface area (Å²) in [5, 5.41) is 2.94. The molecule has 1 amide bonds. The van der Waals surface area contributed by atoms with E-state index < -0.39 is 11.7 Å². The van der Waals surface area contributed by atoms with Crippen LogP contribution in [0.5, 0.6) is 0 Å². The Labute approximate surface area is 201 Å². The summed E-state index contributed by atoms with van der Waals surface area (Å²) >= 11 is 0. The van der Waals surface area contributed by atoms with Gasteiger partial charge in [-0.25, -0.2) is 0 Å². The molecule has 2 saturated heterocycles. The average Bonchev–Trinajstić information content (AvgIpc) is 2.72. The normalized spacial score (nSPS) is 20.4. The van der Waals surface area contributed by atoms with Crippen LogP contribution in [0.1, 0.15) is 38.7 Å². The van der Waals surface area contributed by atoms with E-state index in [0.717, 1.165) is 64.7 Å². The largest absolute Gasteiger partial charge is 0.416 e. The number of piperazine rings is 1. The Balaban J connectivity index is 0.00000256. The lowest BCUT2D eigenvalue weighted by molar-refractivity contribution is -0.137. The molecule has 2 fully saturated rings. The van der Waals surface area contributed by atoms with Gasteiger partial charge < -0.3 is 15.1 Å². The fourth-order valence-electron chi connectivity index (χ4n) is 4.41. The Morgan fingerprint density at radius 3 is 2.44 bits per heavy atom. The first-order chi connectivity index (χ1) is 14.2. The van der Waals surface area contributed by atoms with Crippen molar-refractivity contribution in [1.82, 2.24) is 15.1 Å². The number of carbonyl (C=O) groups is 1. The number of piperidine rings is 1. The van der Waals surface area contributed by atoms with Gasteiger partial charge in [0.15, 0.2) is 0 Å². The van der Waals surface area contributed by atoms with E-state index in [-0.39, 0.29) is 36.8 Å². The van der Waals surface area contributed by atoms with E-state index in [1.165, 1.54) is 12.1 Å². The van der Waals surface area contributed by atoms with Crippen molar-refractivity contribution < 1.29 is 18.0 Å². The van der Waals surface area contributed by atoms with Crippen molar-refractivity contribution in [2.24, 2.45) is 0 Å². The van der Waals surface area contributed by atoms with Gasteiger partial charge in [-0.2, -0.15) is 13.2 Å². The van der Waals surface area contributed by atoms with E-state index in [1.807, 2.05) is 18.7 Å². The molecule has 5 nitrogen and oxygen atoms in total. The zero-order chi connectivity index (χ0) is 21.7. The number of anilines is 1. The monoisotopic (exact) mass is 498 g/mol. The Hall–Kier alpha value is -1.22. The highest BCUT2D eigenvalue weighted by Gasteiger charge is 2.32. The molecule has 1 atom stereocenters. The number of carbonyl (C=O) groups excluding carboxylic acids is 1. The summed E-state index contributed by atoms with van der Waals surface area (Å²) in [4.78, 5) is 18.8. The number of alkyl halides is 3. The van der Waals surface area contributed by atoms with Crippen LogP contribution in [0.4, 0.5) is 18.9 Å². The highest BCUT2D eigenvalue weighted by molar-refractivity contribution is 5.85. The van der Waals surface area contributed by atoms with Crippen LogP contribution >= 0.6 is 24.8 Å². The Morgan fingerprint density at radius 1 is 1.12 bits per heavy atom. The fraction of sp³-hybridized carbons (Fsp3) is 0.682. The Kier molecular flexibility index (Phi) is 11.6. The maximum Gasteiger partial charge on any atom is 0.416 e. The van der Waals surface area contributed by atoms with Crippen LogP contribution in [0.15, 0.2) is 24.3 Å². The first-order valence-electron chi connectivity index (χ1n) is 10.9. The number of nitrogens with zero attached hydrogens (tertiary/aromatic N) is 3. The minimum absolute atomic E-state index is 0. The summed E-state index contributed by atoms with van der Waals surface area (Å²) in [6.45, 7) is 9.85. The van der Waals surface area contributed by atoms with Crippen LogP contribution in [0.25, 0.3) is 0 Å². The van der Waals surface area contributed by atoms with Crippen LogP contribution in [-0.4, -0.2) is 73.6 Å². The first kappa shape index (κ1) is 28.8. The zero-order valence-electron chi connectivity index (χ0n) is 18.7. The molecule has 10 heteroatoms. The molecule has 3 rings (SSSR count). The molecule has 1 aromatic rings. The second-order valence-corrected chi connectivity index (χ2v) is 8.64. The van der Waals surface area contributed by atoms with Crippen LogP contribution in [0.2, 0.25) is 0 Å². The van der Waals surface area contributed by atoms with Crippen LogP contribution in [-0.2, 0) is 11.0 Å². The molecule has 0 aromatic heterocycles. The molecule has 32 heavy (non-hydrogen) atoms. The lowest BCUT2D eigenvalue weighted by Gasteiger charge is -2.44. The van der Waals surface area contributed by atoms with Crippen molar-refractivity contribution in [2.45, 2.75) is 51.4 Å². The standard InChI is InChI=1S/C22H33F3N4O.2ClH/c1-17(2)26-21(30)8-10-27-9-4-7-20(16-27)29-13-11-28(12-14-29)19-6-3-5-18(15-19)22(23,24)25;;/h3,5-6,15,17,20H,4,7-14,16H2,1-2H3,(H,26,30);2*1H. The smallest absolute Gasteiger partial charge is 0.369 e. The van der Waals surface area contributed by atoms with Gasteiger partial charge in [0.2, 0.25) is 5.91 Å². The van der Waals surface area contributed by atoms with Gasteiger partial charge in [0.25, 0.3) is 0 Å². The molecule has 2 heterocycles. The summed E-state index contributed by atoms with van der Waals surface area (Å²) in [6.07, 6.45) is -1.54. The molecule has 1 unspecified atom stereocenters. The maximum atomic E-state index is 13.0. The van der Waals surface area contributed by atoms with Gasteiger partial charge in [-0.1, -0.05) is 6.07 Å². The molecule has 0 aliphatic carbocycles. The second-order valence-electron chi connectivity index (χ2n) is 8.64.